The summed E-state index contributed by atoms with van der Waals surface area (Å²) in [6.45, 7) is 0. The van der Waals surface area contributed by atoms with Gasteiger partial charge in [-0.05, 0) is 11.6 Å². The Labute approximate surface area is 97.0 Å². The molecule has 0 aliphatic heterocycles. The highest BCUT2D eigenvalue weighted by Gasteiger charge is 2.09. The fourth-order valence-corrected chi connectivity index (χ4v) is 2.35. The molecule has 4 heteroatoms. The van der Waals surface area contributed by atoms with Crippen molar-refractivity contribution in [2.24, 2.45) is 0 Å². The van der Waals surface area contributed by atoms with Crippen molar-refractivity contribution in [1.29, 1.82) is 5.26 Å². The molecule has 1 heterocycles. The lowest BCUT2D eigenvalue weighted by Crippen LogP contribution is -1.91. The van der Waals surface area contributed by atoms with E-state index < -0.39 is 0 Å². The standard InChI is InChI=1S/C12H8N2OS/c13-7-10-6-11(16-12(10)14-8-15)9-4-2-1-3-5-9/h1-6,8H,(H,14,15). The van der Waals surface area contributed by atoms with E-state index in [9.17, 15) is 4.79 Å². The lowest BCUT2D eigenvalue weighted by atomic mass is 10.2. The smallest absolute Gasteiger partial charge is 0.212 e. The van der Waals surface area contributed by atoms with Gasteiger partial charge in [0.1, 0.15) is 11.1 Å². The summed E-state index contributed by atoms with van der Waals surface area (Å²) in [7, 11) is 0. The van der Waals surface area contributed by atoms with E-state index in [1.165, 1.54) is 11.3 Å². The van der Waals surface area contributed by atoms with Crippen molar-refractivity contribution in [3.63, 3.8) is 0 Å². The van der Waals surface area contributed by atoms with Crippen LogP contribution in [0, 0.1) is 11.3 Å². The maximum absolute atomic E-state index is 10.4. The zero-order valence-electron chi connectivity index (χ0n) is 8.31. The van der Waals surface area contributed by atoms with Crippen molar-refractivity contribution in [2.75, 3.05) is 5.32 Å². The van der Waals surface area contributed by atoms with Crippen LogP contribution in [0.3, 0.4) is 0 Å². The van der Waals surface area contributed by atoms with Gasteiger partial charge in [-0.2, -0.15) is 5.26 Å². The highest BCUT2D eigenvalue weighted by Crippen LogP contribution is 2.34. The van der Waals surface area contributed by atoms with E-state index in [2.05, 4.69) is 11.4 Å². The molecule has 0 saturated carbocycles. The van der Waals surface area contributed by atoms with Crippen molar-refractivity contribution in [3.8, 4) is 16.5 Å². The Morgan fingerprint density at radius 2 is 2.06 bits per heavy atom. The molecule has 78 valence electrons. The monoisotopic (exact) mass is 228 g/mol. The summed E-state index contributed by atoms with van der Waals surface area (Å²) in [5, 5.41) is 12.0. The molecule has 0 unspecified atom stereocenters. The molecule has 0 aliphatic rings. The number of hydrogen-bond acceptors (Lipinski definition) is 3. The van der Waals surface area contributed by atoms with Gasteiger partial charge in [0.15, 0.2) is 0 Å². The number of thiophene rings is 1. The SMILES string of the molecule is N#Cc1cc(-c2ccccc2)sc1NC=O. The number of hydrogen-bond donors (Lipinski definition) is 1. The highest BCUT2D eigenvalue weighted by molar-refractivity contribution is 7.19. The number of amides is 1. The molecule has 0 atom stereocenters. The molecule has 0 fully saturated rings. The predicted octanol–water partition coefficient (Wildman–Crippen LogP) is 2.86. The first-order valence-electron chi connectivity index (χ1n) is 4.64. The van der Waals surface area contributed by atoms with Gasteiger partial charge in [0.2, 0.25) is 6.41 Å². The first kappa shape index (κ1) is 10.4. The van der Waals surface area contributed by atoms with Crippen LogP contribution in [0.4, 0.5) is 5.00 Å². The Hall–Kier alpha value is -2.12. The van der Waals surface area contributed by atoms with Gasteiger partial charge < -0.3 is 5.32 Å². The maximum Gasteiger partial charge on any atom is 0.212 e. The lowest BCUT2D eigenvalue weighted by molar-refractivity contribution is -0.105. The number of anilines is 1. The number of rotatable bonds is 3. The Morgan fingerprint density at radius 1 is 1.31 bits per heavy atom. The van der Waals surface area contributed by atoms with E-state index in [1.807, 2.05) is 30.3 Å². The zero-order valence-corrected chi connectivity index (χ0v) is 9.12. The van der Waals surface area contributed by atoms with Crippen molar-refractivity contribution in [1.82, 2.24) is 0 Å². The van der Waals surface area contributed by atoms with Crippen molar-refractivity contribution in [3.05, 3.63) is 42.0 Å². The molecule has 1 aromatic heterocycles. The third-order valence-corrected chi connectivity index (χ3v) is 3.22. The number of nitrogens with zero attached hydrogens (tertiary/aromatic N) is 1. The van der Waals surface area contributed by atoms with E-state index in [1.54, 1.807) is 6.07 Å². The summed E-state index contributed by atoms with van der Waals surface area (Å²) >= 11 is 1.40. The fraction of sp³-hybridized carbons (Fsp3) is 0. The second-order valence-electron chi connectivity index (χ2n) is 3.09. The van der Waals surface area contributed by atoms with Crippen LogP contribution in [0.15, 0.2) is 36.4 Å². The Kier molecular flexibility index (Phi) is 2.99. The number of nitriles is 1. The molecule has 0 aliphatic carbocycles. The van der Waals surface area contributed by atoms with Gasteiger partial charge in [0.05, 0.1) is 5.56 Å². The Morgan fingerprint density at radius 3 is 2.69 bits per heavy atom. The van der Waals surface area contributed by atoms with Crippen LogP contribution in [0.5, 0.6) is 0 Å². The topological polar surface area (TPSA) is 52.9 Å². The van der Waals surface area contributed by atoms with Gasteiger partial charge in [-0.3, -0.25) is 4.79 Å². The van der Waals surface area contributed by atoms with Crippen molar-refractivity contribution >= 4 is 22.7 Å². The summed E-state index contributed by atoms with van der Waals surface area (Å²) in [5.74, 6) is 0. The van der Waals surface area contributed by atoms with Gasteiger partial charge in [-0.25, -0.2) is 0 Å². The molecule has 0 bridgehead atoms. The largest absolute Gasteiger partial charge is 0.319 e. The second kappa shape index (κ2) is 4.60. The van der Waals surface area contributed by atoms with E-state index >= 15 is 0 Å². The predicted molar refractivity (Wildman–Crippen MR) is 64.2 cm³/mol. The first-order valence-corrected chi connectivity index (χ1v) is 5.46. The molecule has 1 aromatic carbocycles. The number of carbonyl (C=O) groups is 1. The summed E-state index contributed by atoms with van der Waals surface area (Å²) in [5.41, 5.74) is 1.54. The molecular weight excluding hydrogens is 220 g/mol. The quantitative estimate of drug-likeness (QED) is 0.821. The lowest BCUT2D eigenvalue weighted by Gasteiger charge is -1.94. The van der Waals surface area contributed by atoms with E-state index in [-0.39, 0.29) is 0 Å². The van der Waals surface area contributed by atoms with Gasteiger partial charge >= 0.3 is 0 Å². The molecule has 0 spiro atoms. The molecule has 1 N–H and O–H groups in total. The second-order valence-corrected chi connectivity index (χ2v) is 4.15. The average molecular weight is 228 g/mol. The highest BCUT2D eigenvalue weighted by atomic mass is 32.1. The molecule has 2 aromatic rings. The van der Waals surface area contributed by atoms with E-state index in [4.69, 9.17) is 5.26 Å². The Balaban J connectivity index is 2.45. The summed E-state index contributed by atoms with van der Waals surface area (Å²) in [4.78, 5) is 11.3. The molecule has 3 nitrogen and oxygen atoms in total. The fourth-order valence-electron chi connectivity index (χ4n) is 1.38. The minimum atomic E-state index is 0.496. The van der Waals surface area contributed by atoms with Crippen molar-refractivity contribution in [2.45, 2.75) is 0 Å². The average Bonchev–Trinajstić information content (AvgIpc) is 2.74. The van der Waals surface area contributed by atoms with Gasteiger partial charge in [0, 0.05) is 4.88 Å². The number of benzene rings is 1. The van der Waals surface area contributed by atoms with Crippen LogP contribution in [0.2, 0.25) is 0 Å². The van der Waals surface area contributed by atoms with Crippen LogP contribution in [0.1, 0.15) is 5.56 Å². The summed E-state index contributed by atoms with van der Waals surface area (Å²) < 4.78 is 0. The van der Waals surface area contributed by atoms with Crippen LogP contribution >= 0.6 is 11.3 Å². The summed E-state index contributed by atoms with van der Waals surface area (Å²) in [6, 6.07) is 13.6. The third-order valence-electron chi connectivity index (χ3n) is 2.10. The minimum absolute atomic E-state index is 0.496. The maximum atomic E-state index is 10.4. The van der Waals surface area contributed by atoms with Crippen LogP contribution in [-0.4, -0.2) is 6.41 Å². The number of nitrogens with one attached hydrogen (secondary N) is 1. The van der Waals surface area contributed by atoms with Gasteiger partial charge in [-0.1, -0.05) is 30.3 Å². The van der Waals surface area contributed by atoms with Crippen LogP contribution in [-0.2, 0) is 4.79 Å². The van der Waals surface area contributed by atoms with E-state index in [0.717, 1.165) is 10.4 Å². The zero-order chi connectivity index (χ0) is 11.4. The first-order chi connectivity index (χ1) is 7.85. The molecule has 1 amide bonds. The minimum Gasteiger partial charge on any atom is -0.319 e. The van der Waals surface area contributed by atoms with Gasteiger partial charge in [-0.15, -0.1) is 11.3 Å². The summed E-state index contributed by atoms with van der Waals surface area (Å²) in [6.07, 6.45) is 0.585. The van der Waals surface area contributed by atoms with Gasteiger partial charge in [0.25, 0.3) is 0 Å². The Bertz CT molecular complexity index is 540. The van der Waals surface area contributed by atoms with E-state index in [0.29, 0.717) is 17.0 Å². The molecule has 0 radical (unpaired) electrons. The number of carbonyl (C=O) groups excluding carboxylic acids is 1. The van der Waals surface area contributed by atoms with Crippen LogP contribution < -0.4 is 5.32 Å². The molecule has 16 heavy (non-hydrogen) atoms. The third kappa shape index (κ3) is 1.95. The molecular formula is C12H8N2OS. The van der Waals surface area contributed by atoms with Crippen molar-refractivity contribution < 1.29 is 4.79 Å². The molecule has 0 saturated heterocycles. The molecule has 2 rings (SSSR count). The van der Waals surface area contributed by atoms with Crippen LogP contribution in [0.25, 0.3) is 10.4 Å². The normalized spacial score (nSPS) is 9.44.